The Balaban J connectivity index is 1.45. The molecule has 3 aromatic carbocycles. The van der Waals surface area contributed by atoms with Crippen LogP contribution >= 0.6 is 0 Å². The van der Waals surface area contributed by atoms with Gasteiger partial charge in [-0.1, -0.05) is 18.2 Å². The highest BCUT2D eigenvalue weighted by Crippen LogP contribution is 2.33. The summed E-state index contributed by atoms with van der Waals surface area (Å²) in [4.78, 5) is 14.4. The van der Waals surface area contributed by atoms with Gasteiger partial charge in [-0.2, -0.15) is 14.8 Å². The summed E-state index contributed by atoms with van der Waals surface area (Å²) in [6, 6.07) is 21.2. The molecule has 0 N–H and O–H groups in total. The van der Waals surface area contributed by atoms with Crippen LogP contribution in [-0.4, -0.2) is 49.7 Å². The molecular formula is C29H28N4O4S. The van der Waals surface area contributed by atoms with Crippen molar-refractivity contribution in [3.63, 3.8) is 0 Å². The number of rotatable bonds is 7. The lowest BCUT2D eigenvalue weighted by molar-refractivity contribution is -0.132. The molecule has 0 spiro atoms. The van der Waals surface area contributed by atoms with Gasteiger partial charge in [-0.15, -0.1) is 0 Å². The molecule has 0 saturated carbocycles. The van der Waals surface area contributed by atoms with E-state index in [0.29, 0.717) is 24.2 Å². The lowest BCUT2D eigenvalue weighted by atomic mass is 10.1. The van der Waals surface area contributed by atoms with Crippen LogP contribution in [0.5, 0.6) is 11.5 Å². The van der Waals surface area contributed by atoms with Gasteiger partial charge >= 0.3 is 0 Å². The van der Waals surface area contributed by atoms with E-state index >= 15 is 0 Å². The zero-order valence-electron chi connectivity index (χ0n) is 21.3. The second-order valence-electron chi connectivity index (χ2n) is 9.29. The van der Waals surface area contributed by atoms with Crippen molar-refractivity contribution < 1.29 is 17.9 Å². The average molecular weight is 529 g/mol. The number of sulfonamides is 1. The summed E-state index contributed by atoms with van der Waals surface area (Å²) in [5, 5.41) is 18.3. The maximum atomic E-state index is 13.6. The molecular weight excluding hydrogens is 500 g/mol. The zero-order valence-corrected chi connectivity index (χ0v) is 22.2. The first-order chi connectivity index (χ1) is 18.2. The van der Waals surface area contributed by atoms with Crippen molar-refractivity contribution in [1.82, 2.24) is 9.21 Å². The number of amides is 1. The van der Waals surface area contributed by atoms with E-state index in [9.17, 15) is 18.5 Å². The highest BCUT2D eigenvalue weighted by Gasteiger charge is 2.32. The second kappa shape index (κ2) is 11.5. The molecule has 1 aliphatic rings. The first-order valence-corrected chi connectivity index (χ1v) is 13.7. The molecule has 1 heterocycles. The van der Waals surface area contributed by atoms with Crippen molar-refractivity contribution in [2.45, 2.75) is 31.6 Å². The van der Waals surface area contributed by atoms with Gasteiger partial charge in [0.2, 0.25) is 15.9 Å². The molecule has 194 valence electrons. The molecule has 0 radical (unpaired) electrons. The number of piperazine rings is 1. The first-order valence-electron chi connectivity index (χ1n) is 12.3. The van der Waals surface area contributed by atoms with Gasteiger partial charge in [0.1, 0.15) is 16.4 Å². The van der Waals surface area contributed by atoms with Crippen molar-refractivity contribution >= 4 is 15.9 Å². The van der Waals surface area contributed by atoms with Gasteiger partial charge in [0, 0.05) is 32.6 Å². The van der Waals surface area contributed by atoms with Gasteiger partial charge in [0.05, 0.1) is 23.3 Å². The molecule has 38 heavy (non-hydrogen) atoms. The minimum absolute atomic E-state index is 0.0447. The number of nitrogens with zero attached hydrogens (tertiary/aromatic N) is 4. The lowest BCUT2D eigenvalue weighted by Crippen LogP contribution is -2.50. The summed E-state index contributed by atoms with van der Waals surface area (Å²) in [5.41, 5.74) is 3.72. The fraction of sp³-hybridized carbons (Fsp3) is 0.276. The third-order valence-corrected chi connectivity index (χ3v) is 8.34. The van der Waals surface area contributed by atoms with Crippen LogP contribution in [0.4, 0.5) is 0 Å². The molecule has 8 nitrogen and oxygen atoms in total. The molecule has 1 amide bonds. The summed E-state index contributed by atoms with van der Waals surface area (Å²) in [7, 11) is -3.98. The number of ether oxygens (including phenoxy) is 1. The largest absolute Gasteiger partial charge is 0.456 e. The second-order valence-corrected chi connectivity index (χ2v) is 11.2. The van der Waals surface area contributed by atoms with E-state index in [1.165, 1.54) is 22.5 Å². The Morgan fingerprint density at radius 1 is 0.868 bits per heavy atom. The summed E-state index contributed by atoms with van der Waals surface area (Å²) >= 11 is 0. The Morgan fingerprint density at radius 2 is 1.47 bits per heavy atom. The predicted octanol–water partition coefficient (Wildman–Crippen LogP) is 4.30. The topological polar surface area (TPSA) is 114 Å². The summed E-state index contributed by atoms with van der Waals surface area (Å²) in [6.45, 7) is 4.70. The van der Waals surface area contributed by atoms with E-state index in [1.807, 2.05) is 50.2 Å². The summed E-state index contributed by atoms with van der Waals surface area (Å²) in [5.74, 6) is 0.619. The maximum Gasteiger partial charge on any atom is 0.246 e. The van der Waals surface area contributed by atoms with Crippen molar-refractivity contribution in [2.24, 2.45) is 0 Å². The standard InChI is InChI=1S/C29H28N4O4S/c1-21-15-22(2)17-26(16-21)37-27-9-7-25(20-31)18-28(27)38(35,36)33-13-11-32(12-14-33)29(34)10-8-23-3-5-24(19-30)6-4-23/h3-7,9,15-18H,8,10-14H2,1-2H3. The Morgan fingerprint density at radius 3 is 2.08 bits per heavy atom. The molecule has 0 bridgehead atoms. The van der Waals surface area contributed by atoms with Crippen molar-refractivity contribution in [3.8, 4) is 23.6 Å². The highest BCUT2D eigenvalue weighted by atomic mass is 32.2. The van der Waals surface area contributed by atoms with E-state index < -0.39 is 10.0 Å². The molecule has 0 atom stereocenters. The SMILES string of the molecule is Cc1cc(C)cc(Oc2ccc(C#N)cc2S(=O)(=O)N2CCN(C(=O)CCc3ccc(C#N)cc3)CC2)c1. The fourth-order valence-corrected chi connectivity index (χ4v) is 6.02. The Bertz CT molecular complexity index is 1510. The number of hydrogen-bond acceptors (Lipinski definition) is 6. The minimum Gasteiger partial charge on any atom is -0.456 e. The monoisotopic (exact) mass is 528 g/mol. The van der Waals surface area contributed by atoms with Crippen molar-refractivity contribution in [3.05, 3.63) is 88.5 Å². The van der Waals surface area contributed by atoms with Gasteiger partial charge in [-0.25, -0.2) is 8.42 Å². The third kappa shape index (κ3) is 6.20. The Hall–Kier alpha value is -4.18. The molecule has 1 saturated heterocycles. The maximum absolute atomic E-state index is 13.6. The molecule has 0 aliphatic carbocycles. The Kier molecular flexibility index (Phi) is 8.11. The van der Waals surface area contributed by atoms with Crippen LogP contribution in [0.15, 0.2) is 65.6 Å². The molecule has 0 aromatic heterocycles. The van der Waals surface area contributed by atoms with Crippen molar-refractivity contribution in [1.29, 1.82) is 10.5 Å². The van der Waals surface area contributed by atoms with E-state index in [4.69, 9.17) is 10.00 Å². The van der Waals surface area contributed by atoms with E-state index in [2.05, 4.69) is 6.07 Å². The van der Waals surface area contributed by atoms with Crippen LogP contribution in [0.2, 0.25) is 0 Å². The quantitative estimate of drug-likeness (QED) is 0.452. The molecule has 1 aliphatic heterocycles. The van der Waals surface area contributed by atoms with Crippen LogP contribution in [-0.2, 0) is 21.2 Å². The zero-order chi connectivity index (χ0) is 27.3. The first kappa shape index (κ1) is 26.9. The molecule has 1 fully saturated rings. The van der Waals surface area contributed by atoms with Crippen LogP contribution < -0.4 is 4.74 Å². The number of hydrogen-bond donors (Lipinski definition) is 0. The molecule has 4 rings (SSSR count). The van der Waals surface area contributed by atoms with Gasteiger partial charge in [-0.3, -0.25) is 4.79 Å². The van der Waals surface area contributed by atoms with Crippen LogP contribution in [0.3, 0.4) is 0 Å². The van der Waals surface area contributed by atoms with E-state index in [-0.39, 0.29) is 48.3 Å². The molecule has 3 aromatic rings. The average Bonchev–Trinajstić information content (AvgIpc) is 2.91. The normalized spacial score (nSPS) is 13.9. The fourth-order valence-electron chi connectivity index (χ4n) is 4.45. The van der Waals surface area contributed by atoms with Gasteiger partial charge in [-0.05, 0) is 79.4 Å². The van der Waals surface area contributed by atoms with Gasteiger partial charge in [0.15, 0.2) is 0 Å². The van der Waals surface area contributed by atoms with Gasteiger partial charge in [0.25, 0.3) is 0 Å². The molecule has 9 heteroatoms. The third-order valence-electron chi connectivity index (χ3n) is 6.42. The number of carbonyl (C=O) groups is 1. The van der Waals surface area contributed by atoms with Gasteiger partial charge < -0.3 is 9.64 Å². The van der Waals surface area contributed by atoms with E-state index in [1.54, 1.807) is 17.0 Å². The van der Waals surface area contributed by atoms with Crippen LogP contribution in [0.1, 0.15) is 34.2 Å². The number of aryl methyl sites for hydroxylation is 3. The number of nitriles is 2. The highest BCUT2D eigenvalue weighted by molar-refractivity contribution is 7.89. The number of carbonyl (C=O) groups excluding carboxylic acids is 1. The lowest BCUT2D eigenvalue weighted by Gasteiger charge is -2.34. The Labute approximate surface area is 223 Å². The van der Waals surface area contributed by atoms with Crippen LogP contribution in [0.25, 0.3) is 0 Å². The van der Waals surface area contributed by atoms with E-state index in [0.717, 1.165) is 16.7 Å². The minimum atomic E-state index is -3.98. The smallest absolute Gasteiger partial charge is 0.246 e. The summed E-state index contributed by atoms with van der Waals surface area (Å²) < 4.78 is 34.6. The molecule has 0 unspecified atom stereocenters. The summed E-state index contributed by atoms with van der Waals surface area (Å²) in [6.07, 6.45) is 0.847. The predicted molar refractivity (Wildman–Crippen MR) is 142 cm³/mol. The van der Waals surface area contributed by atoms with Crippen molar-refractivity contribution in [2.75, 3.05) is 26.2 Å². The van der Waals surface area contributed by atoms with Crippen LogP contribution in [0, 0.1) is 36.5 Å². The number of benzene rings is 3.